The van der Waals surface area contributed by atoms with Crippen LogP contribution in [0.4, 0.5) is 0 Å². The van der Waals surface area contributed by atoms with Gasteiger partial charge in [0.15, 0.2) is 0 Å². The number of nitrogens with one attached hydrogen (secondary N) is 1. The van der Waals surface area contributed by atoms with Gasteiger partial charge in [0, 0.05) is 6.54 Å². The van der Waals surface area contributed by atoms with Gasteiger partial charge in [0.05, 0.1) is 17.9 Å². The summed E-state index contributed by atoms with van der Waals surface area (Å²) in [4.78, 5) is 0. The highest BCUT2D eigenvalue weighted by Crippen LogP contribution is 2.28. The Hall–Kier alpha value is -0.900. The molecule has 0 aliphatic heterocycles. The van der Waals surface area contributed by atoms with Crippen molar-refractivity contribution >= 4 is 0 Å². The van der Waals surface area contributed by atoms with Crippen LogP contribution in [0.5, 0.6) is 0 Å². The van der Waals surface area contributed by atoms with Gasteiger partial charge in [-0.25, -0.2) is 4.68 Å². The summed E-state index contributed by atoms with van der Waals surface area (Å²) < 4.78 is 2.09. The van der Waals surface area contributed by atoms with Crippen LogP contribution in [0.25, 0.3) is 0 Å². The fourth-order valence-electron chi connectivity index (χ4n) is 2.78. The molecule has 20 heavy (non-hydrogen) atoms. The lowest BCUT2D eigenvalue weighted by Crippen LogP contribution is -2.31. The largest absolute Gasteiger partial charge is 0.308 e. The van der Waals surface area contributed by atoms with Crippen molar-refractivity contribution in [2.75, 3.05) is 6.54 Å². The van der Waals surface area contributed by atoms with E-state index in [1.54, 1.807) is 0 Å². The Morgan fingerprint density at radius 3 is 2.55 bits per heavy atom. The maximum Gasteiger partial charge on any atom is 0.0759 e. The molecule has 4 heteroatoms. The highest BCUT2D eigenvalue weighted by molar-refractivity contribution is 5.04. The van der Waals surface area contributed by atoms with Gasteiger partial charge in [0.25, 0.3) is 0 Å². The second-order valence-corrected chi connectivity index (χ2v) is 5.62. The zero-order valence-corrected chi connectivity index (χ0v) is 13.7. The standard InChI is InChI=1S/C16H32N4/c1-5-9-10-14(8-4)16(17-11-6-2)15-13-18-19-20(15)12-7-3/h13-14,16-17H,5-12H2,1-4H3. The van der Waals surface area contributed by atoms with Crippen LogP contribution >= 0.6 is 0 Å². The molecule has 1 aromatic rings. The van der Waals surface area contributed by atoms with Crippen LogP contribution in [0, 0.1) is 5.92 Å². The third-order valence-corrected chi connectivity index (χ3v) is 3.94. The number of hydrogen-bond donors (Lipinski definition) is 1. The molecule has 2 atom stereocenters. The van der Waals surface area contributed by atoms with E-state index in [1.165, 1.54) is 31.4 Å². The van der Waals surface area contributed by atoms with Crippen molar-refractivity contribution < 1.29 is 0 Å². The van der Waals surface area contributed by atoms with Gasteiger partial charge < -0.3 is 5.32 Å². The van der Waals surface area contributed by atoms with Gasteiger partial charge in [-0.15, -0.1) is 5.10 Å². The molecular formula is C16H32N4. The lowest BCUT2D eigenvalue weighted by Gasteiger charge is -2.27. The van der Waals surface area contributed by atoms with Crippen LogP contribution in [0.15, 0.2) is 6.20 Å². The van der Waals surface area contributed by atoms with Gasteiger partial charge in [-0.3, -0.25) is 0 Å². The van der Waals surface area contributed by atoms with Crippen molar-refractivity contribution in [2.24, 2.45) is 5.92 Å². The highest BCUT2D eigenvalue weighted by Gasteiger charge is 2.24. The number of aromatic nitrogens is 3. The van der Waals surface area contributed by atoms with Crippen molar-refractivity contribution in [3.63, 3.8) is 0 Å². The van der Waals surface area contributed by atoms with Crippen LogP contribution < -0.4 is 5.32 Å². The molecule has 0 saturated carbocycles. The van der Waals surface area contributed by atoms with Crippen molar-refractivity contribution in [1.82, 2.24) is 20.3 Å². The summed E-state index contributed by atoms with van der Waals surface area (Å²) in [6.45, 7) is 11.0. The molecule has 0 amide bonds. The summed E-state index contributed by atoms with van der Waals surface area (Å²) in [6, 6.07) is 0.396. The van der Waals surface area contributed by atoms with Crippen molar-refractivity contribution in [1.29, 1.82) is 0 Å². The Bertz CT molecular complexity index is 348. The summed E-state index contributed by atoms with van der Waals surface area (Å²) in [5.74, 6) is 0.676. The molecule has 4 nitrogen and oxygen atoms in total. The molecule has 1 aromatic heterocycles. The predicted molar refractivity (Wildman–Crippen MR) is 84.7 cm³/mol. The van der Waals surface area contributed by atoms with E-state index in [-0.39, 0.29) is 0 Å². The van der Waals surface area contributed by atoms with E-state index in [1.807, 2.05) is 6.20 Å². The van der Waals surface area contributed by atoms with Crippen LogP contribution in [0.3, 0.4) is 0 Å². The Labute approximate surface area is 124 Å². The molecule has 1 N–H and O–H groups in total. The minimum absolute atomic E-state index is 0.396. The van der Waals surface area contributed by atoms with Gasteiger partial charge in [-0.05, 0) is 31.7 Å². The molecule has 1 heterocycles. The average molecular weight is 280 g/mol. The SMILES string of the molecule is CCCCC(CC)C(NCCC)c1cnnn1CCC. The van der Waals surface area contributed by atoms with Gasteiger partial charge in [0.1, 0.15) is 0 Å². The Morgan fingerprint density at radius 1 is 1.15 bits per heavy atom. The molecule has 0 bridgehead atoms. The summed E-state index contributed by atoms with van der Waals surface area (Å²) in [6.07, 6.45) is 9.28. The molecule has 0 aliphatic carbocycles. The molecule has 0 spiro atoms. The Morgan fingerprint density at radius 2 is 1.95 bits per heavy atom. The second-order valence-electron chi connectivity index (χ2n) is 5.62. The summed E-state index contributed by atoms with van der Waals surface area (Å²) in [7, 11) is 0. The van der Waals surface area contributed by atoms with E-state index >= 15 is 0 Å². The third-order valence-electron chi connectivity index (χ3n) is 3.94. The van der Waals surface area contributed by atoms with Gasteiger partial charge in [-0.2, -0.15) is 0 Å². The van der Waals surface area contributed by atoms with E-state index in [2.05, 4.69) is 48.0 Å². The molecule has 0 aliphatic rings. The lowest BCUT2D eigenvalue weighted by molar-refractivity contribution is 0.306. The molecule has 2 unspecified atom stereocenters. The molecular weight excluding hydrogens is 248 g/mol. The van der Waals surface area contributed by atoms with E-state index in [9.17, 15) is 0 Å². The summed E-state index contributed by atoms with van der Waals surface area (Å²) in [5, 5.41) is 12.1. The first-order chi connectivity index (χ1) is 9.78. The highest BCUT2D eigenvalue weighted by atomic mass is 15.4. The lowest BCUT2D eigenvalue weighted by atomic mass is 9.89. The number of rotatable bonds is 11. The fraction of sp³-hybridized carbons (Fsp3) is 0.875. The van der Waals surface area contributed by atoms with Crippen LogP contribution in [-0.2, 0) is 6.54 Å². The quantitative estimate of drug-likeness (QED) is 0.667. The van der Waals surface area contributed by atoms with E-state index < -0.39 is 0 Å². The molecule has 0 radical (unpaired) electrons. The zero-order chi connectivity index (χ0) is 14.8. The van der Waals surface area contributed by atoms with Gasteiger partial charge in [0.2, 0.25) is 0 Å². The van der Waals surface area contributed by atoms with E-state index in [4.69, 9.17) is 0 Å². The van der Waals surface area contributed by atoms with Crippen molar-refractivity contribution in [3.05, 3.63) is 11.9 Å². The van der Waals surface area contributed by atoms with Gasteiger partial charge in [-0.1, -0.05) is 52.2 Å². The van der Waals surface area contributed by atoms with E-state index in [0.717, 1.165) is 25.9 Å². The molecule has 0 fully saturated rings. The first-order valence-electron chi connectivity index (χ1n) is 8.40. The van der Waals surface area contributed by atoms with Crippen molar-refractivity contribution in [3.8, 4) is 0 Å². The zero-order valence-electron chi connectivity index (χ0n) is 13.7. The summed E-state index contributed by atoms with van der Waals surface area (Å²) >= 11 is 0. The first kappa shape index (κ1) is 17.2. The first-order valence-corrected chi connectivity index (χ1v) is 8.40. The summed E-state index contributed by atoms with van der Waals surface area (Å²) in [5.41, 5.74) is 1.27. The maximum atomic E-state index is 4.26. The molecule has 0 saturated heterocycles. The normalized spacial score (nSPS) is 14.4. The average Bonchev–Trinajstić information content (AvgIpc) is 2.91. The van der Waals surface area contributed by atoms with Crippen molar-refractivity contribution in [2.45, 2.75) is 78.8 Å². The minimum Gasteiger partial charge on any atom is -0.308 e. The van der Waals surface area contributed by atoms with Crippen LogP contribution in [0.1, 0.15) is 78.0 Å². The third kappa shape index (κ3) is 4.89. The molecule has 1 rings (SSSR count). The monoisotopic (exact) mass is 280 g/mol. The molecule has 116 valence electrons. The maximum absolute atomic E-state index is 4.26. The minimum atomic E-state index is 0.396. The molecule has 0 aromatic carbocycles. The van der Waals surface area contributed by atoms with Gasteiger partial charge >= 0.3 is 0 Å². The number of aryl methyl sites for hydroxylation is 1. The number of unbranched alkanes of at least 4 members (excludes halogenated alkanes) is 1. The topological polar surface area (TPSA) is 42.7 Å². The fourth-order valence-corrected chi connectivity index (χ4v) is 2.78. The Balaban J connectivity index is 2.87. The Kier molecular flexibility index (Phi) is 8.51. The van der Waals surface area contributed by atoms with Crippen LogP contribution in [0.2, 0.25) is 0 Å². The predicted octanol–water partition coefficient (Wildman–Crippen LogP) is 3.95. The van der Waals surface area contributed by atoms with Crippen LogP contribution in [-0.4, -0.2) is 21.5 Å². The number of hydrogen-bond acceptors (Lipinski definition) is 3. The smallest absolute Gasteiger partial charge is 0.0759 e. The van der Waals surface area contributed by atoms with E-state index in [0.29, 0.717) is 12.0 Å². The second kappa shape index (κ2) is 9.92. The number of nitrogens with zero attached hydrogens (tertiary/aromatic N) is 3.